The number of rotatable bonds is 2. The topological polar surface area (TPSA) is 39.2 Å². The van der Waals surface area contributed by atoms with E-state index in [2.05, 4.69) is 20.9 Å². The zero-order chi connectivity index (χ0) is 10.7. The lowest BCUT2D eigenvalue weighted by molar-refractivity contribution is -0.145. The SMILES string of the molecule is CC(=O)O[C@H](C)c1cc(C)c(Br)cn1. The molecule has 1 heterocycles. The van der Waals surface area contributed by atoms with E-state index in [0.717, 1.165) is 15.7 Å². The molecule has 0 saturated carbocycles. The Morgan fingerprint density at radius 1 is 1.64 bits per heavy atom. The van der Waals surface area contributed by atoms with Gasteiger partial charge in [0.2, 0.25) is 0 Å². The normalized spacial score (nSPS) is 12.3. The molecule has 1 aromatic heterocycles. The zero-order valence-corrected chi connectivity index (χ0v) is 9.96. The van der Waals surface area contributed by atoms with Gasteiger partial charge < -0.3 is 4.74 Å². The lowest BCUT2D eigenvalue weighted by Crippen LogP contribution is -2.06. The van der Waals surface area contributed by atoms with Crippen molar-refractivity contribution < 1.29 is 9.53 Å². The first-order chi connectivity index (χ1) is 6.50. The predicted octanol–water partition coefficient (Wildman–Crippen LogP) is 2.78. The third-order valence-electron chi connectivity index (χ3n) is 1.83. The second-order valence-electron chi connectivity index (χ2n) is 3.11. The Hall–Kier alpha value is -0.900. The molecular weight excluding hydrogens is 246 g/mol. The molecule has 0 N–H and O–H groups in total. The Morgan fingerprint density at radius 2 is 2.29 bits per heavy atom. The molecule has 0 spiro atoms. The Balaban J connectivity index is 2.85. The van der Waals surface area contributed by atoms with Gasteiger partial charge in [-0.05, 0) is 41.4 Å². The average Bonchev–Trinajstić information content (AvgIpc) is 2.08. The molecule has 1 rings (SSSR count). The molecule has 0 aliphatic rings. The average molecular weight is 258 g/mol. The van der Waals surface area contributed by atoms with Crippen molar-refractivity contribution in [2.75, 3.05) is 0 Å². The summed E-state index contributed by atoms with van der Waals surface area (Å²) in [7, 11) is 0. The maximum absolute atomic E-state index is 10.7. The molecule has 0 unspecified atom stereocenters. The molecule has 4 heteroatoms. The van der Waals surface area contributed by atoms with E-state index in [-0.39, 0.29) is 12.1 Å². The van der Waals surface area contributed by atoms with Crippen LogP contribution in [0.15, 0.2) is 16.7 Å². The molecule has 76 valence electrons. The van der Waals surface area contributed by atoms with Crippen LogP contribution in [0.3, 0.4) is 0 Å². The fourth-order valence-corrected chi connectivity index (χ4v) is 1.31. The highest BCUT2D eigenvalue weighted by Gasteiger charge is 2.10. The van der Waals surface area contributed by atoms with E-state index in [9.17, 15) is 4.79 Å². The van der Waals surface area contributed by atoms with E-state index in [4.69, 9.17) is 4.74 Å². The molecule has 0 bridgehead atoms. The van der Waals surface area contributed by atoms with Crippen LogP contribution in [-0.4, -0.2) is 11.0 Å². The Labute approximate surface area is 91.6 Å². The fraction of sp³-hybridized carbons (Fsp3) is 0.400. The predicted molar refractivity (Wildman–Crippen MR) is 56.9 cm³/mol. The van der Waals surface area contributed by atoms with E-state index in [1.54, 1.807) is 13.1 Å². The van der Waals surface area contributed by atoms with Gasteiger partial charge in [-0.1, -0.05) is 0 Å². The number of halogens is 1. The van der Waals surface area contributed by atoms with Crippen LogP contribution in [0.1, 0.15) is 31.2 Å². The van der Waals surface area contributed by atoms with Crippen LogP contribution in [0, 0.1) is 6.92 Å². The first-order valence-electron chi connectivity index (χ1n) is 4.30. The Morgan fingerprint density at radius 3 is 2.79 bits per heavy atom. The van der Waals surface area contributed by atoms with Crippen molar-refractivity contribution in [3.8, 4) is 0 Å². The minimum Gasteiger partial charge on any atom is -0.456 e. The quantitative estimate of drug-likeness (QED) is 0.765. The van der Waals surface area contributed by atoms with Gasteiger partial charge >= 0.3 is 5.97 Å². The molecular formula is C10H12BrNO2. The summed E-state index contributed by atoms with van der Waals surface area (Å²) in [4.78, 5) is 14.9. The van der Waals surface area contributed by atoms with Gasteiger partial charge in [0.1, 0.15) is 6.10 Å². The number of aryl methyl sites for hydroxylation is 1. The summed E-state index contributed by atoms with van der Waals surface area (Å²) < 4.78 is 5.97. The van der Waals surface area contributed by atoms with Gasteiger partial charge in [-0.2, -0.15) is 0 Å². The molecule has 1 atom stereocenters. The second-order valence-corrected chi connectivity index (χ2v) is 3.96. The van der Waals surface area contributed by atoms with E-state index >= 15 is 0 Å². The van der Waals surface area contributed by atoms with Gasteiger partial charge in [0.15, 0.2) is 0 Å². The van der Waals surface area contributed by atoms with Gasteiger partial charge in [0.05, 0.1) is 5.69 Å². The number of nitrogens with zero attached hydrogens (tertiary/aromatic N) is 1. The number of esters is 1. The first kappa shape index (κ1) is 11.2. The lowest BCUT2D eigenvalue weighted by atomic mass is 10.2. The van der Waals surface area contributed by atoms with Crippen LogP contribution in [0.5, 0.6) is 0 Å². The maximum atomic E-state index is 10.7. The summed E-state index contributed by atoms with van der Waals surface area (Å²) in [6.07, 6.45) is 1.42. The van der Waals surface area contributed by atoms with E-state index in [1.807, 2.05) is 13.0 Å². The summed E-state index contributed by atoms with van der Waals surface area (Å²) in [5.74, 6) is -0.292. The van der Waals surface area contributed by atoms with Crippen molar-refractivity contribution in [1.82, 2.24) is 4.98 Å². The molecule has 1 aromatic rings. The number of pyridine rings is 1. The van der Waals surface area contributed by atoms with Crippen LogP contribution in [-0.2, 0) is 9.53 Å². The number of hydrogen-bond donors (Lipinski definition) is 0. The van der Waals surface area contributed by atoms with E-state index in [0.29, 0.717) is 0 Å². The third-order valence-corrected chi connectivity index (χ3v) is 2.66. The van der Waals surface area contributed by atoms with Crippen molar-refractivity contribution in [2.24, 2.45) is 0 Å². The molecule has 14 heavy (non-hydrogen) atoms. The fourth-order valence-electron chi connectivity index (χ4n) is 1.09. The molecule has 3 nitrogen and oxygen atoms in total. The molecule has 0 aliphatic heterocycles. The highest BCUT2D eigenvalue weighted by molar-refractivity contribution is 9.10. The van der Waals surface area contributed by atoms with E-state index in [1.165, 1.54) is 6.92 Å². The van der Waals surface area contributed by atoms with Crippen molar-refractivity contribution in [3.63, 3.8) is 0 Å². The molecule has 0 aliphatic carbocycles. The van der Waals surface area contributed by atoms with Gasteiger partial charge in [0.25, 0.3) is 0 Å². The van der Waals surface area contributed by atoms with Gasteiger partial charge in [-0.25, -0.2) is 0 Å². The standard InChI is InChI=1S/C10H12BrNO2/c1-6-4-10(12-5-9(6)11)7(2)14-8(3)13/h4-5,7H,1-3H3/t7-/m1/s1. The smallest absolute Gasteiger partial charge is 0.303 e. The highest BCUT2D eigenvalue weighted by atomic mass is 79.9. The summed E-state index contributed by atoms with van der Waals surface area (Å²) in [5, 5.41) is 0. The van der Waals surface area contributed by atoms with Crippen LogP contribution >= 0.6 is 15.9 Å². The van der Waals surface area contributed by atoms with Gasteiger partial charge in [-0.15, -0.1) is 0 Å². The number of carbonyl (C=O) groups is 1. The largest absolute Gasteiger partial charge is 0.456 e. The second kappa shape index (κ2) is 4.55. The lowest BCUT2D eigenvalue weighted by Gasteiger charge is -2.11. The Bertz CT molecular complexity index is 352. The van der Waals surface area contributed by atoms with Crippen LogP contribution < -0.4 is 0 Å². The zero-order valence-electron chi connectivity index (χ0n) is 8.37. The molecule has 0 aromatic carbocycles. The number of ether oxygens (including phenoxy) is 1. The summed E-state index contributed by atoms with van der Waals surface area (Å²) in [6, 6.07) is 1.90. The first-order valence-corrected chi connectivity index (χ1v) is 5.09. The minimum atomic E-state index is -0.292. The van der Waals surface area contributed by atoms with Crippen molar-refractivity contribution >= 4 is 21.9 Å². The highest BCUT2D eigenvalue weighted by Crippen LogP contribution is 2.20. The third kappa shape index (κ3) is 2.80. The van der Waals surface area contributed by atoms with Crippen LogP contribution in [0.25, 0.3) is 0 Å². The number of aromatic nitrogens is 1. The number of hydrogen-bond acceptors (Lipinski definition) is 3. The molecule has 0 amide bonds. The molecule has 0 saturated heterocycles. The minimum absolute atomic E-state index is 0.292. The van der Waals surface area contributed by atoms with Crippen molar-refractivity contribution in [2.45, 2.75) is 26.9 Å². The maximum Gasteiger partial charge on any atom is 0.303 e. The molecule has 0 radical (unpaired) electrons. The molecule has 0 fully saturated rings. The van der Waals surface area contributed by atoms with Crippen LogP contribution in [0.4, 0.5) is 0 Å². The monoisotopic (exact) mass is 257 g/mol. The van der Waals surface area contributed by atoms with Gasteiger partial charge in [-0.3, -0.25) is 9.78 Å². The summed E-state index contributed by atoms with van der Waals surface area (Å²) >= 11 is 3.36. The summed E-state index contributed by atoms with van der Waals surface area (Å²) in [5.41, 5.74) is 1.84. The van der Waals surface area contributed by atoms with Gasteiger partial charge in [0, 0.05) is 17.6 Å². The van der Waals surface area contributed by atoms with Crippen molar-refractivity contribution in [1.29, 1.82) is 0 Å². The van der Waals surface area contributed by atoms with E-state index < -0.39 is 0 Å². The van der Waals surface area contributed by atoms with Crippen molar-refractivity contribution in [3.05, 3.63) is 28.0 Å². The summed E-state index contributed by atoms with van der Waals surface area (Å²) in [6.45, 7) is 5.16. The Kier molecular flexibility index (Phi) is 3.63. The number of carbonyl (C=O) groups excluding carboxylic acids is 1. The van der Waals surface area contributed by atoms with Crippen LogP contribution in [0.2, 0.25) is 0 Å².